The molecule has 1 aliphatic heterocycles. The van der Waals surface area contributed by atoms with Crippen LogP contribution in [0, 0.1) is 0 Å². The van der Waals surface area contributed by atoms with E-state index >= 15 is 0 Å². The SMILES string of the molecule is CC(C)(C)OC(=O)N1CCC(NCCCn2ccnn2)CC1. The molecule has 0 spiro atoms. The molecule has 1 saturated heterocycles. The fourth-order valence-electron chi connectivity index (χ4n) is 2.49. The highest BCUT2D eigenvalue weighted by Crippen LogP contribution is 2.15. The van der Waals surface area contributed by atoms with Crippen LogP contribution in [0.15, 0.2) is 12.4 Å². The molecular weight excluding hydrogens is 282 g/mol. The van der Waals surface area contributed by atoms with Gasteiger partial charge in [0, 0.05) is 31.9 Å². The number of nitrogens with one attached hydrogen (secondary N) is 1. The molecule has 1 amide bonds. The molecular formula is C15H27N5O2. The molecule has 1 aliphatic rings. The molecule has 0 atom stereocenters. The summed E-state index contributed by atoms with van der Waals surface area (Å²) < 4.78 is 7.24. The van der Waals surface area contributed by atoms with E-state index in [0.717, 1.165) is 45.4 Å². The van der Waals surface area contributed by atoms with Crippen molar-refractivity contribution in [1.82, 2.24) is 25.2 Å². The van der Waals surface area contributed by atoms with E-state index in [1.807, 2.05) is 31.6 Å². The van der Waals surface area contributed by atoms with E-state index in [1.54, 1.807) is 11.1 Å². The number of rotatable bonds is 5. The zero-order chi connectivity index (χ0) is 16.0. The van der Waals surface area contributed by atoms with Crippen LogP contribution in [0.4, 0.5) is 4.79 Å². The summed E-state index contributed by atoms with van der Waals surface area (Å²) in [5.74, 6) is 0. The van der Waals surface area contributed by atoms with Crippen LogP contribution in [0.1, 0.15) is 40.0 Å². The maximum Gasteiger partial charge on any atom is 0.410 e. The molecule has 2 rings (SSSR count). The number of likely N-dealkylation sites (tertiary alicyclic amines) is 1. The lowest BCUT2D eigenvalue weighted by Crippen LogP contribution is -2.46. The average molecular weight is 309 g/mol. The van der Waals surface area contributed by atoms with E-state index in [-0.39, 0.29) is 6.09 Å². The Kier molecular flexibility index (Phi) is 5.76. The van der Waals surface area contributed by atoms with E-state index in [2.05, 4.69) is 15.6 Å². The minimum Gasteiger partial charge on any atom is -0.444 e. The van der Waals surface area contributed by atoms with Gasteiger partial charge in [0.2, 0.25) is 0 Å². The highest BCUT2D eigenvalue weighted by Gasteiger charge is 2.26. The van der Waals surface area contributed by atoms with Crippen molar-refractivity contribution in [2.75, 3.05) is 19.6 Å². The van der Waals surface area contributed by atoms with Crippen LogP contribution in [-0.2, 0) is 11.3 Å². The predicted molar refractivity (Wildman–Crippen MR) is 83.5 cm³/mol. The van der Waals surface area contributed by atoms with Gasteiger partial charge in [0.25, 0.3) is 0 Å². The summed E-state index contributed by atoms with van der Waals surface area (Å²) in [7, 11) is 0. The molecule has 0 radical (unpaired) electrons. The minimum atomic E-state index is -0.423. The van der Waals surface area contributed by atoms with Gasteiger partial charge >= 0.3 is 6.09 Å². The highest BCUT2D eigenvalue weighted by atomic mass is 16.6. The van der Waals surface area contributed by atoms with Gasteiger partial charge in [-0.25, -0.2) is 4.79 Å². The Morgan fingerprint density at radius 3 is 2.68 bits per heavy atom. The smallest absolute Gasteiger partial charge is 0.410 e. The van der Waals surface area contributed by atoms with Crippen molar-refractivity contribution in [3.63, 3.8) is 0 Å². The van der Waals surface area contributed by atoms with Gasteiger partial charge in [0.05, 0.1) is 6.20 Å². The number of ether oxygens (including phenoxy) is 1. The van der Waals surface area contributed by atoms with Crippen molar-refractivity contribution in [3.05, 3.63) is 12.4 Å². The van der Waals surface area contributed by atoms with Gasteiger partial charge in [0.15, 0.2) is 0 Å². The maximum absolute atomic E-state index is 12.0. The number of piperidine rings is 1. The summed E-state index contributed by atoms with van der Waals surface area (Å²) in [5.41, 5.74) is -0.423. The summed E-state index contributed by atoms with van der Waals surface area (Å²) in [5, 5.41) is 11.3. The molecule has 2 heterocycles. The lowest BCUT2D eigenvalue weighted by molar-refractivity contribution is 0.0198. The van der Waals surface area contributed by atoms with Gasteiger partial charge in [-0.05, 0) is 46.6 Å². The first-order chi connectivity index (χ1) is 10.4. The zero-order valence-electron chi connectivity index (χ0n) is 13.8. The van der Waals surface area contributed by atoms with Crippen LogP contribution >= 0.6 is 0 Å². The van der Waals surface area contributed by atoms with Crippen LogP contribution in [0.5, 0.6) is 0 Å². The topological polar surface area (TPSA) is 72.3 Å². The van der Waals surface area contributed by atoms with Crippen LogP contribution < -0.4 is 5.32 Å². The largest absolute Gasteiger partial charge is 0.444 e. The summed E-state index contributed by atoms with van der Waals surface area (Å²) >= 11 is 0. The van der Waals surface area contributed by atoms with Crippen LogP contribution in [0.25, 0.3) is 0 Å². The van der Waals surface area contributed by atoms with E-state index < -0.39 is 5.60 Å². The number of nitrogens with zero attached hydrogens (tertiary/aromatic N) is 4. The fourth-order valence-corrected chi connectivity index (χ4v) is 2.49. The predicted octanol–water partition coefficient (Wildman–Crippen LogP) is 1.66. The van der Waals surface area contributed by atoms with Crippen LogP contribution in [-0.4, -0.2) is 57.3 Å². The molecule has 0 aromatic carbocycles. The Hall–Kier alpha value is -1.63. The van der Waals surface area contributed by atoms with Crippen molar-refractivity contribution >= 4 is 6.09 Å². The number of amides is 1. The third-order valence-corrected chi connectivity index (χ3v) is 3.62. The summed E-state index contributed by atoms with van der Waals surface area (Å²) in [6.45, 7) is 9.04. The first kappa shape index (κ1) is 16.7. The van der Waals surface area contributed by atoms with Gasteiger partial charge in [-0.2, -0.15) is 0 Å². The lowest BCUT2D eigenvalue weighted by atomic mass is 10.1. The van der Waals surface area contributed by atoms with E-state index in [1.165, 1.54) is 0 Å². The molecule has 7 heteroatoms. The second-order valence-electron chi connectivity index (χ2n) is 6.72. The summed E-state index contributed by atoms with van der Waals surface area (Å²) in [6, 6.07) is 0.481. The van der Waals surface area contributed by atoms with Gasteiger partial charge in [-0.3, -0.25) is 4.68 Å². The molecule has 0 unspecified atom stereocenters. The number of carbonyl (C=O) groups excluding carboxylic acids is 1. The Morgan fingerprint density at radius 2 is 2.09 bits per heavy atom. The lowest BCUT2D eigenvalue weighted by Gasteiger charge is -2.33. The van der Waals surface area contributed by atoms with Crippen molar-refractivity contribution in [3.8, 4) is 0 Å². The molecule has 22 heavy (non-hydrogen) atoms. The molecule has 0 aliphatic carbocycles. The summed E-state index contributed by atoms with van der Waals surface area (Å²) in [6.07, 6.45) is 6.34. The van der Waals surface area contributed by atoms with E-state index in [9.17, 15) is 4.79 Å². The quantitative estimate of drug-likeness (QED) is 0.838. The molecule has 124 valence electrons. The number of aryl methyl sites for hydroxylation is 1. The second-order valence-corrected chi connectivity index (χ2v) is 6.72. The van der Waals surface area contributed by atoms with Crippen molar-refractivity contribution in [2.24, 2.45) is 0 Å². The zero-order valence-corrected chi connectivity index (χ0v) is 13.8. The number of hydrogen-bond acceptors (Lipinski definition) is 5. The molecule has 1 aromatic rings. The standard InChI is InChI=1S/C15H27N5O2/c1-15(2,3)22-14(21)19-10-5-13(6-11-19)16-7-4-9-20-12-8-17-18-20/h8,12-13,16H,4-7,9-11H2,1-3H3. The molecule has 0 bridgehead atoms. The summed E-state index contributed by atoms with van der Waals surface area (Å²) in [4.78, 5) is 13.8. The number of aromatic nitrogens is 3. The number of carbonyl (C=O) groups is 1. The Labute approximate surface area is 132 Å². The normalized spacial score (nSPS) is 16.8. The fraction of sp³-hybridized carbons (Fsp3) is 0.800. The van der Waals surface area contributed by atoms with Gasteiger partial charge in [-0.1, -0.05) is 5.21 Å². The van der Waals surface area contributed by atoms with Gasteiger partial charge in [0.1, 0.15) is 5.60 Å². The Bertz CT molecular complexity index is 447. The first-order valence-corrected chi connectivity index (χ1v) is 7.99. The van der Waals surface area contributed by atoms with Crippen molar-refractivity contribution in [2.45, 2.75) is 58.2 Å². The average Bonchev–Trinajstić information content (AvgIpc) is 2.95. The molecule has 0 saturated carbocycles. The Balaban J connectivity index is 1.59. The van der Waals surface area contributed by atoms with Gasteiger partial charge < -0.3 is 15.0 Å². The molecule has 1 fully saturated rings. The first-order valence-electron chi connectivity index (χ1n) is 7.99. The monoisotopic (exact) mass is 309 g/mol. The maximum atomic E-state index is 12.0. The van der Waals surface area contributed by atoms with Crippen molar-refractivity contribution < 1.29 is 9.53 Å². The number of hydrogen-bond donors (Lipinski definition) is 1. The third kappa shape index (κ3) is 5.63. The highest BCUT2D eigenvalue weighted by molar-refractivity contribution is 5.68. The van der Waals surface area contributed by atoms with Crippen LogP contribution in [0.2, 0.25) is 0 Å². The van der Waals surface area contributed by atoms with E-state index in [0.29, 0.717) is 6.04 Å². The molecule has 7 nitrogen and oxygen atoms in total. The van der Waals surface area contributed by atoms with Gasteiger partial charge in [-0.15, -0.1) is 5.10 Å². The van der Waals surface area contributed by atoms with E-state index in [4.69, 9.17) is 4.74 Å². The Morgan fingerprint density at radius 1 is 1.36 bits per heavy atom. The minimum absolute atomic E-state index is 0.197. The second kappa shape index (κ2) is 7.58. The van der Waals surface area contributed by atoms with Crippen molar-refractivity contribution in [1.29, 1.82) is 0 Å². The molecule has 1 aromatic heterocycles. The van der Waals surface area contributed by atoms with Crippen LogP contribution in [0.3, 0.4) is 0 Å². The third-order valence-electron chi connectivity index (χ3n) is 3.62. The molecule has 1 N–H and O–H groups in total.